The molecule has 0 bridgehead atoms. The maximum atomic E-state index is 12.1. The Morgan fingerprint density at radius 2 is 2.17 bits per heavy atom. The molecule has 0 saturated heterocycles. The molecule has 1 aliphatic carbocycles. The third kappa shape index (κ3) is 4.58. The van der Waals surface area contributed by atoms with Crippen LogP contribution in [-0.4, -0.2) is 32.7 Å². The first-order valence-corrected chi connectivity index (χ1v) is 6.97. The van der Waals surface area contributed by atoms with Crippen LogP contribution in [0.1, 0.15) is 39.5 Å². The standard InChI is InChI=1S/C14H28N2O2/c1-14(2,7-8-18-3)10-16-13(17)12-6-4-5-11(12)9-15/h11-12H,4-10,15H2,1-3H3,(H,16,17). The number of carbonyl (C=O) groups is 1. The highest BCUT2D eigenvalue weighted by atomic mass is 16.5. The van der Waals surface area contributed by atoms with E-state index in [4.69, 9.17) is 10.5 Å². The Kier molecular flexibility index (Phi) is 6.09. The molecular formula is C14H28N2O2. The number of ether oxygens (including phenoxy) is 1. The van der Waals surface area contributed by atoms with Crippen molar-refractivity contribution in [1.82, 2.24) is 5.32 Å². The number of nitrogens with one attached hydrogen (secondary N) is 1. The molecule has 0 aromatic carbocycles. The molecule has 0 aromatic rings. The lowest BCUT2D eigenvalue weighted by Crippen LogP contribution is -2.40. The van der Waals surface area contributed by atoms with Gasteiger partial charge in [0.2, 0.25) is 5.91 Å². The Hall–Kier alpha value is -0.610. The van der Waals surface area contributed by atoms with Gasteiger partial charge < -0.3 is 15.8 Å². The smallest absolute Gasteiger partial charge is 0.223 e. The minimum absolute atomic E-state index is 0.0858. The highest BCUT2D eigenvalue weighted by Gasteiger charge is 2.32. The van der Waals surface area contributed by atoms with Gasteiger partial charge in [-0.2, -0.15) is 0 Å². The van der Waals surface area contributed by atoms with E-state index in [-0.39, 0.29) is 17.2 Å². The van der Waals surface area contributed by atoms with Gasteiger partial charge in [0.05, 0.1) is 0 Å². The minimum atomic E-state index is 0.0858. The molecule has 106 valence electrons. The Bertz CT molecular complexity index is 267. The summed E-state index contributed by atoms with van der Waals surface area (Å²) in [7, 11) is 1.71. The predicted molar refractivity (Wildman–Crippen MR) is 73.2 cm³/mol. The van der Waals surface area contributed by atoms with Crippen molar-refractivity contribution in [1.29, 1.82) is 0 Å². The van der Waals surface area contributed by atoms with Crippen molar-refractivity contribution in [2.45, 2.75) is 39.5 Å². The van der Waals surface area contributed by atoms with E-state index < -0.39 is 0 Å². The Balaban J connectivity index is 2.36. The van der Waals surface area contributed by atoms with Gasteiger partial charge in [0, 0.05) is 26.2 Å². The topological polar surface area (TPSA) is 64.3 Å². The summed E-state index contributed by atoms with van der Waals surface area (Å²) in [5, 5.41) is 3.09. The summed E-state index contributed by atoms with van der Waals surface area (Å²) >= 11 is 0. The second-order valence-electron chi connectivity index (χ2n) is 6.16. The van der Waals surface area contributed by atoms with Crippen LogP contribution in [0.15, 0.2) is 0 Å². The third-order valence-electron chi connectivity index (χ3n) is 4.02. The van der Waals surface area contributed by atoms with E-state index in [2.05, 4.69) is 19.2 Å². The monoisotopic (exact) mass is 256 g/mol. The van der Waals surface area contributed by atoms with Gasteiger partial charge in [-0.25, -0.2) is 0 Å². The lowest BCUT2D eigenvalue weighted by molar-refractivity contribution is -0.126. The normalized spacial score (nSPS) is 24.2. The van der Waals surface area contributed by atoms with Crippen molar-refractivity contribution >= 4 is 5.91 Å². The SMILES string of the molecule is COCCC(C)(C)CNC(=O)C1CCCC1CN. The van der Waals surface area contributed by atoms with Crippen LogP contribution < -0.4 is 11.1 Å². The first kappa shape index (κ1) is 15.4. The van der Waals surface area contributed by atoms with E-state index in [1.165, 1.54) is 0 Å². The molecular weight excluding hydrogens is 228 g/mol. The van der Waals surface area contributed by atoms with Crippen molar-refractivity contribution in [2.24, 2.45) is 23.0 Å². The van der Waals surface area contributed by atoms with Gasteiger partial charge in [0.1, 0.15) is 0 Å². The summed E-state index contributed by atoms with van der Waals surface area (Å²) in [6, 6.07) is 0. The summed E-state index contributed by atoms with van der Waals surface area (Å²) in [6.45, 7) is 6.38. The number of amides is 1. The van der Waals surface area contributed by atoms with E-state index in [9.17, 15) is 4.79 Å². The number of hydrogen-bond acceptors (Lipinski definition) is 3. The van der Waals surface area contributed by atoms with E-state index in [1.54, 1.807) is 7.11 Å². The molecule has 0 radical (unpaired) electrons. The van der Waals surface area contributed by atoms with Crippen LogP contribution in [-0.2, 0) is 9.53 Å². The van der Waals surface area contributed by atoms with E-state index >= 15 is 0 Å². The molecule has 1 rings (SSSR count). The lowest BCUT2D eigenvalue weighted by atomic mass is 9.89. The molecule has 1 amide bonds. The fraction of sp³-hybridized carbons (Fsp3) is 0.929. The Labute approximate surface area is 111 Å². The third-order valence-corrected chi connectivity index (χ3v) is 4.02. The highest BCUT2D eigenvalue weighted by molar-refractivity contribution is 5.79. The summed E-state index contributed by atoms with van der Waals surface area (Å²) in [5.74, 6) is 0.703. The maximum Gasteiger partial charge on any atom is 0.223 e. The van der Waals surface area contributed by atoms with Crippen molar-refractivity contribution < 1.29 is 9.53 Å². The van der Waals surface area contributed by atoms with E-state index in [0.717, 1.165) is 32.3 Å². The van der Waals surface area contributed by atoms with Gasteiger partial charge in [-0.15, -0.1) is 0 Å². The van der Waals surface area contributed by atoms with Crippen LogP contribution in [0.3, 0.4) is 0 Å². The molecule has 1 saturated carbocycles. The largest absolute Gasteiger partial charge is 0.385 e. The minimum Gasteiger partial charge on any atom is -0.385 e. The fourth-order valence-electron chi connectivity index (χ4n) is 2.59. The van der Waals surface area contributed by atoms with Crippen LogP contribution in [0, 0.1) is 17.3 Å². The number of nitrogens with two attached hydrogens (primary N) is 1. The molecule has 18 heavy (non-hydrogen) atoms. The molecule has 4 heteroatoms. The van der Waals surface area contributed by atoms with Crippen LogP contribution >= 0.6 is 0 Å². The Morgan fingerprint density at radius 3 is 2.78 bits per heavy atom. The fourth-order valence-corrected chi connectivity index (χ4v) is 2.59. The van der Waals surface area contributed by atoms with Crippen molar-refractivity contribution in [3.05, 3.63) is 0 Å². The summed E-state index contributed by atoms with van der Waals surface area (Å²) in [4.78, 5) is 12.1. The van der Waals surface area contributed by atoms with Gasteiger partial charge in [0.25, 0.3) is 0 Å². The summed E-state index contributed by atoms with van der Waals surface area (Å²) in [6.07, 6.45) is 4.18. The number of hydrogen-bond donors (Lipinski definition) is 2. The quantitative estimate of drug-likeness (QED) is 0.726. The van der Waals surface area contributed by atoms with Crippen LogP contribution in [0.4, 0.5) is 0 Å². The molecule has 0 spiro atoms. The molecule has 1 aliphatic rings. The van der Waals surface area contributed by atoms with Gasteiger partial charge >= 0.3 is 0 Å². The van der Waals surface area contributed by atoms with E-state index in [1.807, 2.05) is 0 Å². The van der Waals surface area contributed by atoms with Crippen LogP contribution in [0.5, 0.6) is 0 Å². The summed E-state index contributed by atoms with van der Waals surface area (Å²) < 4.78 is 5.09. The molecule has 0 aliphatic heterocycles. The molecule has 3 N–H and O–H groups in total. The van der Waals surface area contributed by atoms with E-state index in [0.29, 0.717) is 19.0 Å². The summed E-state index contributed by atoms with van der Waals surface area (Å²) in [5.41, 5.74) is 5.80. The van der Waals surface area contributed by atoms with Crippen molar-refractivity contribution in [3.63, 3.8) is 0 Å². The lowest BCUT2D eigenvalue weighted by Gasteiger charge is -2.26. The second kappa shape index (κ2) is 7.10. The van der Waals surface area contributed by atoms with Crippen LogP contribution in [0.2, 0.25) is 0 Å². The van der Waals surface area contributed by atoms with Crippen molar-refractivity contribution in [3.8, 4) is 0 Å². The molecule has 2 atom stereocenters. The maximum absolute atomic E-state index is 12.1. The number of carbonyl (C=O) groups excluding carboxylic acids is 1. The molecule has 0 heterocycles. The first-order valence-electron chi connectivity index (χ1n) is 6.97. The molecule has 4 nitrogen and oxygen atoms in total. The number of methoxy groups -OCH3 is 1. The zero-order valence-electron chi connectivity index (χ0n) is 12.0. The zero-order chi connectivity index (χ0) is 13.6. The van der Waals surface area contributed by atoms with Gasteiger partial charge in [0.15, 0.2) is 0 Å². The molecule has 2 unspecified atom stereocenters. The number of rotatable bonds is 7. The predicted octanol–water partition coefficient (Wildman–Crippen LogP) is 1.54. The first-order chi connectivity index (χ1) is 8.50. The molecule has 1 fully saturated rings. The highest BCUT2D eigenvalue weighted by Crippen LogP contribution is 2.31. The van der Waals surface area contributed by atoms with Gasteiger partial charge in [-0.1, -0.05) is 20.3 Å². The Morgan fingerprint density at radius 1 is 1.44 bits per heavy atom. The van der Waals surface area contributed by atoms with Gasteiger partial charge in [-0.05, 0) is 37.1 Å². The average molecular weight is 256 g/mol. The zero-order valence-corrected chi connectivity index (χ0v) is 12.0. The van der Waals surface area contributed by atoms with Gasteiger partial charge in [-0.3, -0.25) is 4.79 Å². The second-order valence-corrected chi connectivity index (χ2v) is 6.16. The molecule has 0 aromatic heterocycles. The van der Waals surface area contributed by atoms with Crippen LogP contribution in [0.25, 0.3) is 0 Å². The van der Waals surface area contributed by atoms with Crippen molar-refractivity contribution in [2.75, 3.05) is 26.8 Å². The average Bonchev–Trinajstić information content (AvgIpc) is 2.82.